The van der Waals surface area contributed by atoms with Gasteiger partial charge in [-0.05, 0) is 37.5 Å². The van der Waals surface area contributed by atoms with Crippen LogP contribution >= 0.6 is 0 Å². The van der Waals surface area contributed by atoms with Crippen molar-refractivity contribution in [2.24, 2.45) is 11.8 Å². The van der Waals surface area contributed by atoms with Crippen molar-refractivity contribution < 1.29 is 18.0 Å². The first kappa shape index (κ1) is 16.2. The van der Waals surface area contributed by atoms with Crippen molar-refractivity contribution in [3.05, 3.63) is 0 Å². The number of nitrogens with zero attached hydrogens (tertiary/aromatic N) is 2. The molecule has 0 aromatic heterocycles. The normalized spacial score (nSPS) is 30.4. The van der Waals surface area contributed by atoms with Crippen LogP contribution in [0.1, 0.15) is 32.1 Å². The molecule has 1 unspecified atom stereocenters. The summed E-state index contributed by atoms with van der Waals surface area (Å²) in [4.78, 5) is 19.7. The zero-order valence-electron chi connectivity index (χ0n) is 13.2. The van der Waals surface area contributed by atoms with Gasteiger partial charge in [0, 0.05) is 32.1 Å². The van der Waals surface area contributed by atoms with Crippen molar-refractivity contribution >= 4 is 15.7 Å². The first-order chi connectivity index (χ1) is 10.5. The zero-order chi connectivity index (χ0) is 15.7. The number of piperidine rings is 1. The van der Waals surface area contributed by atoms with Gasteiger partial charge >= 0.3 is 0 Å². The van der Waals surface area contributed by atoms with Crippen LogP contribution in [0.5, 0.6) is 0 Å². The highest BCUT2D eigenvalue weighted by atomic mass is 32.2. The smallest absolute Gasteiger partial charge is 0.223 e. The first-order valence-electron chi connectivity index (χ1n) is 8.27. The van der Waals surface area contributed by atoms with Crippen LogP contribution < -0.4 is 0 Å². The van der Waals surface area contributed by atoms with E-state index in [1.165, 1.54) is 0 Å². The van der Waals surface area contributed by atoms with E-state index in [1.807, 2.05) is 9.96 Å². The van der Waals surface area contributed by atoms with Crippen LogP contribution in [-0.2, 0) is 19.5 Å². The Kier molecular flexibility index (Phi) is 4.75. The molecule has 0 aromatic rings. The van der Waals surface area contributed by atoms with Gasteiger partial charge in [-0.1, -0.05) is 0 Å². The van der Waals surface area contributed by atoms with Crippen LogP contribution in [0.25, 0.3) is 0 Å². The Morgan fingerprint density at radius 1 is 1.14 bits per heavy atom. The zero-order valence-corrected chi connectivity index (χ0v) is 14.1. The molecule has 126 valence electrons. The fourth-order valence-corrected chi connectivity index (χ4v) is 5.29. The molecule has 0 bridgehead atoms. The molecule has 6 nitrogen and oxygen atoms in total. The summed E-state index contributed by atoms with van der Waals surface area (Å²) < 4.78 is 23.7. The van der Waals surface area contributed by atoms with Crippen molar-refractivity contribution in [2.45, 2.75) is 38.1 Å². The highest BCUT2D eigenvalue weighted by Crippen LogP contribution is 2.38. The first-order valence-corrected chi connectivity index (χ1v) is 10.1. The van der Waals surface area contributed by atoms with Crippen molar-refractivity contribution in [1.82, 2.24) is 9.96 Å². The number of carbonyl (C=O) groups excluding carboxylic acids is 1. The van der Waals surface area contributed by atoms with Gasteiger partial charge in [0.05, 0.1) is 18.6 Å². The van der Waals surface area contributed by atoms with Crippen LogP contribution in [0.3, 0.4) is 0 Å². The van der Waals surface area contributed by atoms with Crippen LogP contribution in [0.15, 0.2) is 0 Å². The molecule has 0 radical (unpaired) electrons. The van der Waals surface area contributed by atoms with E-state index in [2.05, 4.69) is 0 Å². The summed E-state index contributed by atoms with van der Waals surface area (Å²) in [6.07, 6.45) is 4.63. The third kappa shape index (κ3) is 3.81. The third-order valence-electron chi connectivity index (χ3n) is 5.25. The summed E-state index contributed by atoms with van der Waals surface area (Å²) in [5, 5.41) is 1.93. The molecule has 1 aliphatic carbocycles. The molecule has 2 saturated heterocycles. The molecule has 1 atom stereocenters. The van der Waals surface area contributed by atoms with E-state index in [1.54, 1.807) is 7.11 Å². The molecule has 1 amide bonds. The molecule has 3 aliphatic rings. The van der Waals surface area contributed by atoms with E-state index < -0.39 is 9.84 Å². The quantitative estimate of drug-likeness (QED) is 0.758. The Hall–Kier alpha value is -0.660. The van der Waals surface area contributed by atoms with E-state index in [0.717, 1.165) is 38.8 Å². The fraction of sp³-hybridized carbons (Fsp3) is 0.933. The standard InChI is InChI=1S/C15H26N2O4S/c1-21-16-6-4-12(5-7-16)10-15(18)17-8-9-22(19,20)11-14(17)13-2-3-13/h12-14H,2-11H2,1H3. The van der Waals surface area contributed by atoms with E-state index in [0.29, 0.717) is 24.8 Å². The van der Waals surface area contributed by atoms with Crippen molar-refractivity contribution in [3.63, 3.8) is 0 Å². The van der Waals surface area contributed by atoms with Gasteiger partial charge in [-0.25, -0.2) is 8.42 Å². The molecular formula is C15H26N2O4S. The van der Waals surface area contributed by atoms with E-state index >= 15 is 0 Å². The van der Waals surface area contributed by atoms with Crippen molar-refractivity contribution in [3.8, 4) is 0 Å². The number of rotatable bonds is 4. The van der Waals surface area contributed by atoms with Gasteiger partial charge in [0.25, 0.3) is 0 Å². The summed E-state index contributed by atoms with van der Waals surface area (Å²) >= 11 is 0. The average Bonchev–Trinajstić information content (AvgIpc) is 3.31. The lowest BCUT2D eigenvalue weighted by Gasteiger charge is -2.37. The number of hydrogen-bond acceptors (Lipinski definition) is 5. The van der Waals surface area contributed by atoms with Crippen molar-refractivity contribution in [1.29, 1.82) is 0 Å². The SMILES string of the molecule is CON1CCC(CC(=O)N2CCS(=O)(=O)CC2C2CC2)CC1. The lowest BCUT2D eigenvalue weighted by atomic mass is 9.93. The average molecular weight is 330 g/mol. The van der Waals surface area contributed by atoms with Gasteiger partial charge in [-0.2, -0.15) is 5.06 Å². The molecule has 22 heavy (non-hydrogen) atoms. The van der Waals surface area contributed by atoms with E-state index in [4.69, 9.17) is 4.84 Å². The van der Waals surface area contributed by atoms with Crippen LogP contribution in [0, 0.1) is 11.8 Å². The monoisotopic (exact) mass is 330 g/mol. The van der Waals surface area contributed by atoms with Gasteiger partial charge in [-0.3, -0.25) is 4.79 Å². The van der Waals surface area contributed by atoms with Gasteiger partial charge in [0.2, 0.25) is 5.91 Å². The molecule has 3 fully saturated rings. The topological polar surface area (TPSA) is 66.9 Å². The maximum absolute atomic E-state index is 12.7. The van der Waals surface area contributed by atoms with Crippen LogP contribution in [0.4, 0.5) is 0 Å². The predicted molar refractivity (Wildman–Crippen MR) is 82.8 cm³/mol. The number of amides is 1. The largest absolute Gasteiger partial charge is 0.337 e. The molecule has 2 heterocycles. The second kappa shape index (κ2) is 6.45. The highest BCUT2D eigenvalue weighted by Gasteiger charge is 2.43. The summed E-state index contributed by atoms with van der Waals surface area (Å²) in [6, 6.07) is -0.0645. The maximum Gasteiger partial charge on any atom is 0.223 e. The van der Waals surface area contributed by atoms with Gasteiger partial charge in [0.1, 0.15) is 0 Å². The Morgan fingerprint density at radius 3 is 2.41 bits per heavy atom. The Bertz CT molecular complexity index is 510. The van der Waals surface area contributed by atoms with Gasteiger partial charge < -0.3 is 9.74 Å². The number of sulfone groups is 1. The summed E-state index contributed by atoms with van der Waals surface area (Å²) in [7, 11) is -1.28. The van der Waals surface area contributed by atoms with Crippen molar-refractivity contribution in [2.75, 3.05) is 38.2 Å². The summed E-state index contributed by atoms with van der Waals surface area (Å²) in [5.74, 6) is 1.27. The molecule has 0 spiro atoms. The van der Waals surface area contributed by atoms with Gasteiger partial charge in [0.15, 0.2) is 9.84 Å². The van der Waals surface area contributed by atoms with Gasteiger partial charge in [-0.15, -0.1) is 0 Å². The Balaban J connectivity index is 1.57. The number of carbonyl (C=O) groups is 1. The molecule has 3 rings (SSSR count). The Labute approximate surface area is 132 Å². The molecule has 0 aromatic carbocycles. The lowest BCUT2D eigenvalue weighted by molar-refractivity contribution is -0.152. The van der Waals surface area contributed by atoms with Crippen LogP contribution in [-0.4, -0.2) is 68.6 Å². The number of hydrogen-bond donors (Lipinski definition) is 0. The molecule has 0 N–H and O–H groups in total. The van der Waals surface area contributed by atoms with E-state index in [9.17, 15) is 13.2 Å². The lowest BCUT2D eigenvalue weighted by Crippen LogP contribution is -2.52. The third-order valence-corrected chi connectivity index (χ3v) is 6.90. The highest BCUT2D eigenvalue weighted by molar-refractivity contribution is 7.91. The Morgan fingerprint density at radius 2 is 1.82 bits per heavy atom. The summed E-state index contributed by atoms with van der Waals surface area (Å²) in [6.45, 7) is 2.13. The fourth-order valence-electron chi connectivity index (χ4n) is 3.68. The second-order valence-electron chi connectivity index (χ2n) is 6.87. The minimum absolute atomic E-state index is 0.0645. The van der Waals surface area contributed by atoms with Crippen LogP contribution in [0.2, 0.25) is 0 Å². The minimum atomic E-state index is -2.96. The minimum Gasteiger partial charge on any atom is -0.337 e. The molecule has 7 heteroatoms. The number of hydroxylamine groups is 2. The molecule has 2 aliphatic heterocycles. The molecular weight excluding hydrogens is 304 g/mol. The maximum atomic E-state index is 12.7. The summed E-state index contributed by atoms with van der Waals surface area (Å²) in [5.41, 5.74) is 0. The van der Waals surface area contributed by atoms with E-state index in [-0.39, 0.29) is 23.5 Å². The molecule has 1 saturated carbocycles. The second-order valence-corrected chi connectivity index (χ2v) is 9.09. The predicted octanol–water partition coefficient (Wildman–Crippen LogP) is 0.686.